The van der Waals surface area contributed by atoms with Crippen LogP contribution >= 0.6 is 23.5 Å². The van der Waals surface area contributed by atoms with Crippen molar-refractivity contribution in [1.82, 2.24) is 0 Å². The lowest BCUT2D eigenvalue weighted by Crippen LogP contribution is -2.18. The molecule has 3 rings (SSSR count). The largest absolute Gasteiger partial charge is 0.507 e. The van der Waals surface area contributed by atoms with Gasteiger partial charge in [0.25, 0.3) is 0 Å². The maximum absolute atomic E-state index is 11.4. The number of benzene rings is 3. The van der Waals surface area contributed by atoms with Gasteiger partial charge in [-0.25, -0.2) is 0 Å². The molecule has 0 spiro atoms. The van der Waals surface area contributed by atoms with Crippen molar-refractivity contribution < 1.29 is 15.3 Å². The second-order valence-corrected chi connectivity index (χ2v) is 21.3. The normalized spacial score (nSPS) is 13.3. The lowest BCUT2D eigenvalue weighted by atomic mass is 9.78. The molecule has 0 fully saturated rings. The Bertz CT molecular complexity index is 1530. The second-order valence-electron chi connectivity index (χ2n) is 19.1. The van der Waals surface area contributed by atoms with Gasteiger partial charge in [-0.15, -0.1) is 0 Å². The molecule has 0 saturated carbocycles. The molecule has 0 heterocycles. The molecule has 0 amide bonds. The van der Waals surface area contributed by atoms with Crippen LogP contribution in [-0.4, -0.2) is 26.8 Å². The van der Waals surface area contributed by atoms with E-state index >= 15 is 0 Å². The van der Waals surface area contributed by atoms with Crippen molar-refractivity contribution >= 4 is 23.5 Å². The first-order chi connectivity index (χ1) is 22.2. The number of aromatic hydroxyl groups is 3. The third-order valence-corrected chi connectivity index (χ3v) is 11.3. The van der Waals surface area contributed by atoms with Gasteiger partial charge in [0.1, 0.15) is 17.2 Å². The highest BCUT2D eigenvalue weighted by molar-refractivity contribution is 7.98. The van der Waals surface area contributed by atoms with Gasteiger partial charge < -0.3 is 15.3 Å². The molecule has 3 nitrogen and oxygen atoms in total. The monoisotopic (exact) mass is 706 g/mol. The van der Waals surface area contributed by atoms with E-state index in [1.807, 2.05) is 23.5 Å². The zero-order chi connectivity index (χ0) is 37.3. The highest BCUT2D eigenvalue weighted by Gasteiger charge is 2.28. The molecule has 0 atom stereocenters. The standard InChI is InChI=1S/C44H66O3S2/c1-40(2,3)32-25-30(26-48-18-16-28-21-33(41(4,5)6)38(46)34(22-28)42(7,8)9)20-31(37(32)45)27-49-19-17-29-23-35(43(10,11)12)39(47)36(24-29)44(13,14)15/h20-25,45-47H,16-19,26-27H2,1-15H3. The zero-order valence-corrected chi connectivity index (χ0v) is 35.0. The molecule has 3 aromatic carbocycles. The van der Waals surface area contributed by atoms with Gasteiger partial charge in [-0.3, -0.25) is 0 Å². The zero-order valence-electron chi connectivity index (χ0n) is 33.4. The van der Waals surface area contributed by atoms with Crippen molar-refractivity contribution in [3.8, 4) is 17.2 Å². The van der Waals surface area contributed by atoms with Crippen molar-refractivity contribution in [1.29, 1.82) is 0 Å². The van der Waals surface area contributed by atoms with Gasteiger partial charge in [0.15, 0.2) is 0 Å². The molecule has 0 aliphatic heterocycles. The minimum absolute atomic E-state index is 0.133. The molecule has 5 heteroatoms. The number of rotatable bonds is 10. The third-order valence-electron chi connectivity index (χ3n) is 9.22. The van der Waals surface area contributed by atoms with E-state index in [2.05, 4.69) is 140 Å². The summed E-state index contributed by atoms with van der Waals surface area (Å²) in [5.41, 5.74) is 9.13. The van der Waals surface area contributed by atoms with Crippen molar-refractivity contribution in [2.45, 2.75) is 155 Å². The predicted molar refractivity (Wildman–Crippen MR) is 218 cm³/mol. The van der Waals surface area contributed by atoms with E-state index in [9.17, 15) is 15.3 Å². The summed E-state index contributed by atoms with van der Waals surface area (Å²) >= 11 is 3.79. The molecule has 0 aliphatic carbocycles. The quantitative estimate of drug-likeness (QED) is 0.183. The predicted octanol–water partition coefficient (Wildman–Crippen LogP) is 12.2. The van der Waals surface area contributed by atoms with E-state index in [0.29, 0.717) is 17.2 Å². The summed E-state index contributed by atoms with van der Waals surface area (Å²) in [5, 5.41) is 33.7. The van der Waals surface area contributed by atoms with Gasteiger partial charge in [-0.1, -0.05) is 140 Å². The molecule has 0 unspecified atom stereocenters. The van der Waals surface area contributed by atoms with Gasteiger partial charge in [0, 0.05) is 17.1 Å². The smallest absolute Gasteiger partial charge is 0.123 e. The minimum Gasteiger partial charge on any atom is -0.507 e. The Balaban J connectivity index is 1.75. The number of thioether (sulfide) groups is 2. The Kier molecular flexibility index (Phi) is 12.7. The first-order valence-electron chi connectivity index (χ1n) is 18.0. The highest BCUT2D eigenvalue weighted by Crippen LogP contribution is 2.42. The minimum atomic E-state index is -0.165. The molecule has 49 heavy (non-hydrogen) atoms. The fourth-order valence-corrected chi connectivity index (χ4v) is 8.13. The highest BCUT2D eigenvalue weighted by atomic mass is 32.2. The summed E-state index contributed by atoms with van der Waals surface area (Å²) in [4.78, 5) is 0. The SMILES string of the molecule is CC(C)(C)c1cc(CSCCc2cc(C(C)(C)C)c(O)c(C(C)(C)C)c2)cc(CSCCc2cc(C(C)(C)C)c(O)c(C(C)(C)C)c2)c1O. The van der Waals surface area contributed by atoms with Crippen LogP contribution in [0.1, 0.15) is 154 Å². The molecule has 3 N–H and O–H groups in total. The summed E-state index contributed by atoms with van der Waals surface area (Å²) in [6.45, 7) is 32.5. The van der Waals surface area contributed by atoms with E-state index in [0.717, 1.165) is 69.2 Å². The van der Waals surface area contributed by atoms with Crippen molar-refractivity contribution in [2.24, 2.45) is 0 Å². The molecule has 0 aliphatic rings. The number of hydrogen-bond donors (Lipinski definition) is 3. The molecule has 0 radical (unpaired) electrons. The number of hydrogen-bond acceptors (Lipinski definition) is 5. The summed E-state index contributed by atoms with van der Waals surface area (Å²) in [6, 6.07) is 13.2. The lowest BCUT2D eigenvalue weighted by Gasteiger charge is -2.28. The van der Waals surface area contributed by atoms with E-state index in [-0.39, 0.29) is 27.1 Å². The molecular weight excluding hydrogens is 641 g/mol. The molecule has 0 bridgehead atoms. The topological polar surface area (TPSA) is 60.7 Å². The van der Waals surface area contributed by atoms with Crippen LogP contribution in [0.5, 0.6) is 17.2 Å². The number of phenols is 3. The first kappa shape index (κ1) is 41.2. The Labute approximate surface area is 308 Å². The first-order valence-corrected chi connectivity index (χ1v) is 20.3. The molecular formula is C44H66O3S2. The molecule has 272 valence electrons. The second kappa shape index (κ2) is 15.2. The van der Waals surface area contributed by atoms with Gasteiger partial charge in [0.05, 0.1) is 0 Å². The van der Waals surface area contributed by atoms with Crippen LogP contribution in [0.3, 0.4) is 0 Å². The van der Waals surface area contributed by atoms with Crippen LogP contribution in [0.25, 0.3) is 0 Å². The summed E-state index contributed by atoms with van der Waals surface area (Å²) in [5.74, 6) is 4.84. The van der Waals surface area contributed by atoms with Crippen molar-refractivity contribution in [3.05, 3.63) is 86.5 Å². The van der Waals surface area contributed by atoms with Crippen LogP contribution < -0.4 is 0 Å². The van der Waals surface area contributed by atoms with Crippen molar-refractivity contribution in [3.63, 3.8) is 0 Å². The Hall–Kier alpha value is -2.24. The van der Waals surface area contributed by atoms with E-state index in [4.69, 9.17) is 0 Å². The van der Waals surface area contributed by atoms with Crippen LogP contribution in [0, 0.1) is 0 Å². The average Bonchev–Trinajstić information content (AvgIpc) is 2.92. The summed E-state index contributed by atoms with van der Waals surface area (Å²) < 4.78 is 0. The van der Waals surface area contributed by atoms with Crippen LogP contribution in [0.15, 0.2) is 36.4 Å². The Morgan fingerprint density at radius 2 is 0.673 bits per heavy atom. The van der Waals surface area contributed by atoms with E-state index < -0.39 is 0 Å². The fourth-order valence-electron chi connectivity index (χ4n) is 6.24. The van der Waals surface area contributed by atoms with Crippen LogP contribution in [0.2, 0.25) is 0 Å². The van der Waals surface area contributed by atoms with E-state index in [1.54, 1.807) is 0 Å². The maximum Gasteiger partial charge on any atom is 0.123 e. The van der Waals surface area contributed by atoms with Gasteiger partial charge >= 0.3 is 0 Å². The fraction of sp³-hybridized carbons (Fsp3) is 0.591. The lowest BCUT2D eigenvalue weighted by molar-refractivity contribution is 0.422. The van der Waals surface area contributed by atoms with E-state index in [1.165, 1.54) is 16.7 Å². The van der Waals surface area contributed by atoms with Gasteiger partial charge in [-0.2, -0.15) is 23.5 Å². The van der Waals surface area contributed by atoms with Crippen LogP contribution in [-0.2, 0) is 51.4 Å². The molecule has 0 aromatic heterocycles. The molecule has 3 aromatic rings. The third kappa shape index (κ3) is 10.9. The average molecular weight is 707 g/mol. The number of phenolic OH excluding ortho intramolecular Hbond substituents is 3. The maximum atomic E-state index is 11.4. The van der Waals surface area contributed by atoms with Gasteiger partial charge in [-0.05, 0) is 95.9 Å². The van der Waals surface area contributed by atoms with Gasteiger partial charge in [0.2, 0.25) is 0 Å². The Morgan fingerprint density at radius 1 is 0.388 bits per heavy atom. The summed E-state index contributed by atoms with van der Waals surface area (Å²) in [6.07, 6.45) is 1.85. The summed E-state index contributed by atoms with van der Waals surface area (Å²) in [7, 11) is 0. The number of aryl methyl sites for hydroxylation is 2. The van der Waals surface area contributed by atoms with Crippen LogP contribution in [0.4, 0.5) is 0 Å². The molecule has 0 saturated heterocycles. The van der Waals surface area contributed by atoms with Crippen molar-refractivity contribution in [2.75, 3.05) is 11.5 Å². The Morgan fingerprint density at radius 3 is 1.00 bits per heavy atom.